The lowest BCUT2D eigenvalue weighted by Gasteiger charge is -2.22. The molecule has 126 valence electrons. The lowest BCUT2D eigenvalue weighted by molar-refractivity contribution is -0.659. The molecule has 2 rings (SSSR count). The van der Waals surface area contributed by atoms with Gasteiger partial charge in [-0.25, -0.2) is 9.41 Å². The zero-order chi connectivity index (χ0) is 18.3. The fourth-order valence-corrected chi connectivity index (χ4v) is 4.16. The lowest BCUT2D eigenvalue weighted by Crippen LogP contribution is -2.44. The van der Waals surface area contributed by atoms with Crippen LogP contribution in [0, 0.1) is 13.5 Å². The van der Waals surface area contributed by atoms with E-state index in [4.69, 9.17) is 6.57 Å². The predicted octanol–water partition coefficient (Wildman–Crippen LogP) is 4.88. The number of pyridine rings is 1. The average Bonchev–Trinajstić information content (AvgIpc) is 2.45. The van der Waals surface area contributed by atoms with Crippen LogP contribution in [0.3, 0.4) is 0 Å². The van der Waals surface area contributed by atoms with Gasteiger partial charge in [0.15, 0.2) is 11.9 Å². The molecule has 2 aromatic rings. The number of rotatable bonds is 2. The van der Waals surface area contributed by atoms with Crippen molar-refractivity contribution in [2.75, 3.05) is 0 Å². The van der Waals surface area contributed by atoms with Crippen molar-refractivity contribution in [3.63, 3.8) is 0 Å². The normalized spacial score (nSPS) is 12.1. The Morgan fingerprint density at radius 3 is 2.17 bits per heavy atom. The van der Waals surface area contributed by atoms with E-state index in [1.165, 1.54) is 16.4 Å². The second-order valence-corrected chi connectivity index (χ2v) is 13.8. The van der Waals surface area contributed by atoms with E-state index >= 15 is 0 Å². The minimum absolute atomic E-state index is 0.0208. The molecule has 24 heavy (non-hydrogen) atoms. The van der Waals surface area contributed by atoms with Gasteiger partial charge in [-0.15, -0.1) is 0 Å². The van der Waals surface area contributed by atoms with Gasteiger partial charge in [-0.05, 0) is 29.5 Å². The first-order chi connectivity index (χ1) is 10.9. The highest BCUT2D eigenvalue weighted by Crippen LogP contribution is 2.36. The topological polar surface area (TPSA) is 8.24 Å². The molecule has 0 fully saturated rings. The summed E-state index contributed by atoms with van der Waals surface area (Å²) in [5.41, 5.74) is 5.41. The van der Waals surface area contributed by atoms with Crippen LogP contribution in [0.15, 0.2) is 30.5 Å². The molecule has 1 aromatic carbocycles. The monoisotopic (exact) mass is 337 g/mol. The van der Waals surface area contributed by atoms with Gasteiger partial charge in [0.1, 0.15) is 7.05 Å². The van der Waals surface area contributed by atoms with E-state index in [-0.39, 0.29) is 5.41 Å². The van der Waals surface area contributed by atoms with Gasteiger partial charge in [-0.3, -0.25) is 0 Å². The Morgan fingerprint density at radius 2 is 1.71 bits per heavy atom. The van der Waals surface area contributed by atoms with Crippen molar-refractivity contribution in [2.24, 2.45) is 7.05 Å². The number of aryl methyl sites for hydroxylation is 2. The zero-order valence-corrected chi connectivity index (χ0v) is 17.3. The Hall–Kier alpha value is -1.92. The fourth-order valence-electron chi connectivity index (χ4n) is 3.00. The lowest BCUT2D eigenvalue weighted by atomic mass is 9.83. The highest BCUT2D eigenvalue weighted by molar-refractivity contribution is 6.88. The Balaban J connectivity index is 2.65. The minimum Gasteiger partial charge on any atom is -0.238 e. The maximum absolute atomic E-state index is 7.59. The average molecular weight is 338 g/mol. The summed E-state index contributed by atoms with van der Waals surface area (Å²) in [6.07, 6.45) is 2.26. The molecule has 0 saturated heterocycles. The highest BCUT2D eigenvalue weighted by Gasteiger charge is 2.24. The van der Waals surface area contributed by atoms with Crippen molar-refractivity contribution in [3.05, 3.63) is 53.0 Å². The molecule has 0 amide bonds. The summed E-state index contributed by atoms with van der Waals surface area (Å²) >= 11 is 0. The first-order valence-corrected chi connectivity index (χ1v) is 12.0. The molecular weight excluding hydrogens is 308 g/mol. The third kappa shape index (κ3) is 3.60. The molecule has 0 aliphatic rings. The van der Waals surface area contributed by atoms with E-state index in [0.29, 0.717) is 0 Å². The van der Waals surface area contributed by atoms with Gasteiger partial charge >= 0.3 is 0 Å². The summed E-state index contributed by atoms with van der Waals surface area (Å²) in [6.45, 7) is 23.3. The molecular formula is C21H29N2Si+. The van der Waals surface area contributed by atoms with Crippen molar-refractivity contribution in [3.8, 4) is 11.3 Å². The number of hydrogen-bond acceptors (Lipinski definition) is 0. The van der Waals surface area contributed by atoms with E-state index < -0.39 is 8.07 Å². The van der Waals surface area contributed by atoms with E-state index in [2.05, 4.69) is 94.3 Å². The molecule has 0 aliphatic carbocycles. The van der Waals surface area contributed by atoms with E-state index in [9.17, 15) is 0 Å². The Bertz CT molecular complexity index is 815. The molecule has 0 saturated carbocycles. The molecule has 1 heterocycles. The molecule has 0 atom stereocenters. The van der Waals surface area contributed by atoms with Crippen LogP contribution in [-0.2, 0) is 12.5 Å². The van der Waals surface area contributed by atoms with Gasteiger partial charge in [0.05, 0.1) is 14.6 Å². The fraction of sp³-hybridized carbons (Fsp3) is 0.429. The van der Waals surface area contributed by atoms with Gasteiger partial charge in [-0.1, -0.05) is 52.5 Å². The maximum Gasteiger partial charge on any atom is 0.211 e. The third-order valence-corrected chi connectivity index (χ3v) is 6.57. The van der Waals surface area contributed by atoms with Crippen LogP contribution < -0.4 is 9.75 Å². The van der Waals surface area contributed by atoms with Gasteiger partial charge < -0.3 is 0 Å². The second kappa shape index (κ2) is 6.18. The molecule has 0 spiro atoms. The molecule has 0 radical (unpaired) electrons. The summed E-state index contributed by atoms with van der Waals surface area (Å²) in [6, 6.07) is 8.72. The quantitative estimate of drug-likeness (QED) is 0.419. The summed E-state index contributed by atoms with van der Waals surface area (Å²) in [5.74, 6) is 0. The van der Waals surface area contributed by atoms with Crippen LogP contribution in [0.2, 0.25) is 19.6 Å². The van der Waals surface area contributed by atoms with Crippen LogP contribution in [0.5, 0.6) is 0 Å². The second-order valence-electron chi connectivity index (χ2n) is 8.71. The standard InChI is InChI=1S/C21H29N2Si/c1-15-12-18(21(2,3)4)19(22-5)13-17(15)20-11-10-16(14-23(20)6)24(7,8)9/h10-14H,1-4,6-9H3/q+1. The largest absolute Gasteiger partial charge is 0.238 e. The number of hydrogen-bond donors (Lipinski definition) is 0. The van der Waals surface area contributed by atoms with Crippen molar-refractivity contribution in [1.29, 1.82) is 0 Å². The number of nitrogens with zero attached hydrogens (tertiary/aromatic N) is 2. The molecule has 0 bridgehead atoms. The molecule has 0 aliphatic heterocycles. The molecule has 1 aromatic heterocycles. The minimum atomic E-state index is -1.32. The van der Waals surface area contributed by atoms with Crippen molar-refractivity contribution in [2.45, 2.75) is 52.8 Å². The SMILES string of the molecule is [C-]#[N+]c1cc(-c2ccc([Si](C)(C)C)c[n+]2C)c(C)cc1C(C)(C)C. The van der Waals surface area contributed by atoms with Crippen LogP contribution >= 0.6 is 0 Å². The number of benzene rings is 1. The van der Waals surface area contributed by atoms with Gasteiger partial charge in [0.25, 0.3) is 0 Å². The molecule has 0 unspecified atom stereocenters. The Morgan fingerprint density at radius 1 is 1.08 bits per heavy atom. The highest BCUT2D eigenvalue weighted by atomic mass is 28.3. The smallest absolute Gasteiger partial charge is 0.211 e. The van der Waals surface area contributed by atoms with Crippen molar-refractivity contribution >= 4 is 18.9 Å². The summed E-state index contributed by atoms with van der Waals surface area (Å²) < 4.78 is 2.21. The van der Waals surface area contributed by atoms with Gasteiger partial charge in [-0.2, -0.15) is 0 Å². The van der Waals surface area contributed by atoms with Crippen molar-refractivity contribution < 1.29 is 4.57 Å². The zero-order valence-electron chi connectivity index (χ0n) is 16.3. The summed E-state index contributed by atoms with van der Waals surface area (Å²) in [7, 11) is 0.782. The van der Waals surface area contributed by atoms with E-state index in [0.717, 1.165) is 16.8 Å². The van der Waals surface area contributed by atoms with E-state index in [1.54, 1.807) is 0 Å². The van der Waals surface area contributed by atoms with E-state index in [1.807, 2.05) is 0 Å². The van der Waals surface area contributed by atoms with Gasteiger partial charge in [0.2, 0.25) is 5.69 Å². The van der Waals surface area contributed by atoms with Crippen LogP contribution in [0.1, 0.15) is 31.9 Å². The first-order valence-electron chi connectivity index (χ1n) is 8.48. The number of aromatic nitrogens is 1. The predicted molar refractivity (Wildman–Crippen MR) is 106 cm³/mol. The molecule has 3 heteroatoms. The van der Waals surface area contributed by atoms with Crippen molar-refractivity contribution in [1.82, 2.24) is 0 Å². The summed E-state index contributed by atoms with van der Waals surface area (Å²) in [5, 5.41) is 1.45. The Kier molecular flexibility index (Phi) is 4.74. The van der Waals surface area contributed by atoms with Crippen LogP contribution in [-0.4, -0.2) is 8.07 Å². The third-order valence-electron chi connectivity index (χ3n) is 4.55. The molecule has 2 nitrogen and oxygen atoms in total. The van der Waals surface area contributed by atoms with Crippen LogP contribution in [0.25, 0.3) is 16.1 Å². The van der Waals surface area contributed by atoms with Crippen LogP contribution in [0.4, 0.5) is 5.69 Å². The Labute approximate surface area is 148 Å². The summed E-state index contributed by atoms with van der Waals surface area (Å²) in [4.78, 5) is 3.80. The first kappa shape index (κ1) is 18.4. The van der Waals surface area contributed by atoms with Gasteiger partial charge in [0, 0.05) is 16.8 Å². The maximum atomic E-state index is 7.59. The molecule has 0 N–H and O–H groups in total.